The van der Waals surface area contributed by atoms with Crippen LogP contribution in [0.15, 0.2) is 0 Å². The van der Waals surface area contributed by atoms with Crippen LogP contribution in [0.2, 0.25) is 0 Å². The van der Waals surface area contributed by atoms with Crippen LogP contribution < -0.4 is 0 Å². The maximum absolute atomic E-state index is 5.35. The molecule has 0 fully saturated rings. The van der Waals surface area contributed by atoms with Gasteiger partial charge in [0.05, 0.1) is 0 Å². The first-order valence-electron chi connectivity index (χ1n) is 2.20. The molecule has 0 spiro atoms. The van der Waals surface area contributed by atoms with Crippen molar-refractivity contribution in [2.24, 2.45) is 0 Å². The summed E-state index contributed by atoms with van der Waals surface area (Å²) >= 11 is -2.07. The maximum Gasteiger partial charge on any atom is 0.713 e. The molecular formula is C2H6AlBCl2O3. The second kappa shape index (κ2) is 5.81. The van der Waals surface area contributed by atoms with Crippen molar-refractivity contribution in [1.82, 2.24) is 0 Å². The van der Waals surface area contributed by atoms with E-state index < -0.39 is 20.0 Å². The molecule has 0 aromatic heterocycles. The van der Waals surface area contributed by atoms with Gasteiger partial charge in [-0.15, -0.1) is 0 Å². The van der Waals surface area contributed by atoms with Crippen LogP contribution in [0.4, 0.5) is 0 Å². The zero-order valence-corrected chi connectivity index (χ0v) is 7.80. The summed E-state index contributed by atoms with van der Waals surface area (Å²) in [5.41, 5.74) is 0. The van der Waals surface area contributed by atoms with Crippen molar-refractivity contribution >= 4 is 40.1 Å². The molecule has 0 atom stereocenters. The van der Waals surface area contributed by atoms with Crippen LogP contribution in [0, 0.1) is 0 Å². The van der Waals surface area contributed by atoms with Crippen molar-refractivity contribution in [3.8, 4) is 0 Å². The largest absolute Gasteiger partial charge is 0.713 e. The topological polar surface area (TPSA) is 27.7 Å². The van der Waals surface area contributed by atoms with E-state index in [1.54, 1.807) is 0 Å². The Kier molecular flexibility index (Phi) is 6.50. The summed E-state index contributed by atoms with van der Waals surface area (Å²) in [5.74, 6) is 0. The first kappa shape index (κ1) is 10.1. The molecule has 0 heterocycles. The Labute approximate surface area is 67.5 Å². The van der Waals surface area contributed by atoms with Crippen molar-refractivity contribution in [3.05, 3.63) is 0 Å². The van der Waals surface area contributed by atoms with E-state index in [9.17, 15) is 0 Å². The van der Waals surface area contributed by atoms with Gasteiger partial charge in [-0.05, 0) is 0 Å². The summed E-state index contributed by atoms with van der Waals surface area (Å²) in [6.45, 7) is 0. The summed E-state index contributed by atoms with van der Waals surface area (Å²) in [6, 6.07) is 0. The van der Waals surface area contributed by atoms with E-state index in [-0.39, 0.29) is 0 Å². The Morgan fingerprint density at radius 2 is 1.67 bits per heavy atom. The maximum atomic E-state index is 5.35. The Bertz CT molecular complexity index is 70.8. The fourth-order valence-corrected chi connectivity index (χ4v) is 1.19. The van der Waals surface area contributed by atoms with Gasteiger partial charge >= 0.3 is 20.0 Å². The fourth-order valence-electron chi connectivity index (χ4n) is 0.291. The minimum atomic E-state index is -2.07. The van der Waals surface area contributed by atoms with Crippen LogP contribution in [0.5, 0.6) is 0 Å². The Morgan fingerprint density at radius 3 is 1.78 bits per heavy atom. The van der Waals surface area contributed by atoms with Gasteiger partial charge in [-0.1, -0.05) is 0 Å². The third-order valence-corrected chi connectivity index (χ3v) is 1.64. The van der Waals surface area contributed by atoms with Crippen molar-refractivity contribution < 1.29 is 13.0 Å². The fraction of sp³-hybridized carbons (Fsp3) is 1.00. The molecule has 0 unspecified atom stereocenters. The average Bonchev–Trinajstić information content (AvgIpc) is 1.82. The second-order valence-electron chi connectivity index (χ2n) is 1.16. The normalized spacial score (nSPS) is 9.33. The standard InChI is InChI=1S/C2H6BO3.Al.2ClH/c1-5-3(4)6-2;;;/h1-2H3;;2*1H/q-1;+3;;/p-2. The molecule has 0 aliphatic rings. The van der Waals surface area contributed by atoms with Crippen LogP contribution in [0.1, 0.15) is 0 Å². The summed E-state index contributed by atoms with van der Waals surface area (Å²) in [7, 11) is 12.9. The van der Waals surface area contributed by atoms with Gasteiger partial charge in [0.25, 0.3) is 0 Å². The minimum absolute atomic E-state index is 0.725. The number of hydrogen-bond donors (Lipinski definition) is 0. The van der Waals surface area contributed by atoms with Gasteiger partial charge in [-0.25, -0.2) is 20.1 Å². The first-order chi connectivity index (χ1) is 4.20. The number of rotatable bonds is 4. The lowest BCUT2D eigenvalue weighted by Crippen LogP contribution is -2.27. The van der Waals surface area contributed by atoms with E-state index >= 15 is 0 Å². The molecule has 0 aromatic rings. The highest BCUT2D eigenvalue weighted by Gasteiger charge is 2.26. The molecule has 0 aromatic carbocycles. The van der Waals surface area contributed by atoms with Crippen LogP contribution >= 0.6 is 20.1 Å². The third kappa shape index (κ3) is 5.50. The van der Waals surface area contributed by atoms with Crippen LogP contribution in [0.3, 0.4) is 0 Å². The zero-order valence-electron chi connectivity index (χ0n) is 5.14. The van der Waals surface area contributed by atoms with Gasteiger partial charge in [0.15, 0.2) is 0 Å². The quantitative estimate of drug-likeness (QED) is 0.607. The van der Waals surface area contributed by atoms with E-state index in [2.05, 4.69) is 9.31 Å². The molecule has 0 rings (SSSR count). The lowest BCUT2D eigenvalue weighted by Gasteiger charge is -2.07. The molecule has 9 heavy (non-hydrogen) atoms. The summed E-state index contributed by atoms with van der Waals surface area (Å²) in [5, 5.41) is 0. The predicted octanol–water partition coefficient (Wildman–Crippen LogP) is 0.743. The van der Waals surface area contributed by atoms with Gasteiger partial charge in [-0.2, -0.15) is 0 Å². The lowest BCUT2D eigenvalue weighted by molar-refractivity contribution is 0.205. The van der Waals surface area contributed by atoms with Crippen molar-refractivity contribution in [2.45, 2.75) is 0 Å². The van der Waals surface area contributed by atoms with Crippen LogP contribution in [-0.2, 0) is 13.0 Å². The molecule has 0 saturated heterocycles. The Morgan fingerprint density at radius 1 is 1.22 bits per heavy atom. The molecule has 0 saturated carbocycles. The van der Waals surface area contributed by atoms with Crippen molar-refractivity contribution in [1.29, 1.82) is 0 Å². The summed E-state index contributed by atoms with van der Waals surface area (Å²) < 4.78 is 14.0. The SMILES string of the molecule is COB(OC)[O][Al]([Cl])[Cl]. The molecule has 0 aliphatic carbocycles. The summed E-state index contributed by atoms with van der Waals surface area (Å²) in [6.07, 6.45) is 0. The molecule has 3 nitrogen and oxygen atoms in total. The number of hydrogen-bond acceptors (Lipinski definition) is 3. The molecule has 0 aliphatic heterocycles. The molecule has 7 heteroatoms. The van der Waals surface area contributed by atoms with Gasteiger partial charge in [0, 0.05) is 14.2 Å². The van der Waals surface area contributed by atoms with Crippen LogP contribution in [0.25, 0.3) is 0 Å². The van der Waals surface area contributed by atoms with Gasteiger partial charge in [-0.3, -0.25) is 0 Å². The molecule has 0 radical (unpaired) electrons. The highest BCUT2D eigenvalue weighted by molar-refractivity contribution is 7.31. The van der Waals surface area contributed by atoms with Gasteiger partial charge < -0.3 is 13.0 Å². The van der Waals surface area contributed by atoms with E-state index in [4.69, 9.17) is 23.8 Å². The first-order valence-corrected chi connectivity index (χ1v) is 6.16. The van der Waals surface area contributed by atoms with Crippen molar-refractivity contribution in [3.63, 3.8) is 0 Å². The molecular weight excluding hydrogens is 181 g/mol. The lowest BCUT2D eigenvalue weighted by atomic mass is 10.3. The highest BCUT2D eigenvalue weighted by atomic mass is 35.7. The smallest absolute Gasteiger partial charge is 0.493 e. The molecule has 52 valence electrons. The minimum Gasteiger partial charge on any atom is -0.493 e. The van der Waals surface area contributed by atoms with Crippen LogP contribution in [-0.4, -0.2) is 34.2 Å². The third-order valence-electron chi connectivity index (χ3n) is 0.599. The number of halogens is 2. The highest BCUT2D eigenvalue weighted by Crippen LogP contribution is 2.00. The molecule has 0 N–H and O–H groups in total. The predicted molar refractivity (Wildman–Crippen MR) is 38.3 cm³/mol. The molecule has 0 amide bonds. The average molecular weight is 187 g/mol. The second-order valence-corrected chi connectivity index (χ2v) is 5.00. The Hall–Kier alpha value is 1.06. The van der Waals surface area contributed by atoms with E-state index in [0.717, 1.165) is 0 Å². The van der Waals surface area contributed by atoms with E-state index in [1.165, 1.54) is 14.2 Å². The van der Waals surface area contributed by atoms with Gasteiger partial charge in [0.2, 0.25) is 0 Å². The van der Waals surface area contributed by atoms with E-state index in [0.29, 0.717) is 0 Å². The Balaban J connectivity index is 3.31. The zero-order chi connectivity index (χ0) is 7.28. The van der Waals surface area contributed by atoms with E-state index in [1.807, 2.05) is 0 Å². The molecule has 0 bridgehead atoms. The summed E-state index contributed by atoms with van der Waals surface area (Å²) in [4.78, 5) is 0. The monoisotopic (exact) mass is 186 g/mol. The van der Waals surface area contributed by atoms with Crippen molar-refractivity contribution in [2.75, 3.05) is 14.2 Å². The van der Waals surface area contributed by atoms with Gasteiger partial charge in [0.1, 0.15) is 0 Å².